The summed E-state index contributed by atoms with van der Waals surface area (Å²) in [6, 6.07) is 19.8. The van der Waals surface area contributed by atoms with Crippen molar-refractivity contribution in [1.29, 1.82) is 0 Å². The molecule has 0 bridgehead atoms. The van der Waals surface area contributed by atoms with E-state index in [1.807, 2.05) is 6.20 Å². The number of benzene rings is 2. The molecule has 0 saturated heterocycles. The van der Waals surface area contributed by atoms with Crippen molar-refractivity contribution in [2.75, 3.05) is 7.05 Å². The van der Waals surface area contributed by atoms with E-state index in [2.05, 4.69) is 83.8 Å². The van der Waals surface area contributed by atoms with Crippen molar-refractivity contribution in [2.45, 2.75) is 25.3 Å². The second-order valence-corrected chi connectivity index (χ2v) is 6.50. The minimum atomic E-state index is 0.459. The van der Waals surface area contributed by atoms with Gasteiger partial charge in [0.1, 0.15) is 0 Å². The first-order valence-electron chi connectivity index (χ1n) is 8.64. The number of hydrogen-bond donors (Lipinski definition) is 0. The Morgan fingerprint density at radius 2 is 1.83 bits per heavy atom. The van der Waals surface area contributed by atoms with Crippen LogP contribution in [0.2, 0.25) is 0 Å². The van der Waals surface area contributed by atoms with Gasteiger partial charge in [-0.25, -0.2) is 0 Å². The Hall–Kier alpha value is -2.61. The zero-order chi connectivity index (χ0) is 16.4. The SMILES string of the molecule is CN1C=Cc2ccccc2C1CCCc1nccc2ccccc12. The first kappa shape index (κ1) is 14.9. The standard InChI is InChI=1S/C22H22N2/c1-24-16-14-18-8-3-5-10-20(18)22(24)12-6-11-21-19-9-4-2-7-17(19)13-15-23-21/h2-5,7-10,13-16,22H,6,11-12H2,1H3. The summed E-state index contributed by atoms with van der Waals surface area (Å²) >= 11 is 0. The van der Waals surface area contributed by atoms with E-state index in [1.54, 1.807) is 0 Å². The van der Waals surface area contributed by atoms with Gasteiger partial charge in [0.05, 0.1) is 6.04 Å². The number of aromatic nitrogens is 1. The molecule has 2 nitrogen and oxygen atoms in total. The number of hydrogen-bond acceptors (Lipinski definition) is 2. The first-order chi connectivity index (χ1) is 11.8. The van der Waals surface area contributed by atoms with Crippen LogP contribution in [-0.4, -0.2) is 16.9 Å². The van der Waals surface area contributed by atoms with Crippen LogP contribution in [0, 0.1) is 0 Å². The van der Waals surface area contributed by atoms with Gasteiger partial charge in [-0.15, -0.1) is 0 Å². The molecule has 0 amide bonds. The largest absolute Gasteiger partial charge is 0.373 e. The fraction of sp³-hybridized carbons (Fsp3) is 0.227. The fourth-order valence-electron chi connectivity index (χ4n) is 3.69. The van der Waals surface area contributed by atoms with Gasteiger partial charge >= 0.3 is 0 Å². The third-order valence-electron chi connectivity index (χ3n) is 4.98. The van der Waals surface area contributed by atoms with Crippen molar-refractivity contribution in [1.82, 2.24) is 9.88 Å². The maximum Gasteiger partial charge on any atom is 0.0539 e. The second kappa shape index (κ2) is 6.48. The normalized spacial score (nSPS) is 16.4. The van der Waals surface area contributed by atoms with Crippen LogP contribution in [0.15, 0.2) is 67.0 Å². The lowest BCUT2D eigenvalue weighted by Crippen LogP contribution is -2.22. The molecular formula is C22H22N2. The topological polar surface area (TPSA) is 16.1 Å². The Labute approximate surface area is 143 Å². The van der Waals surface area contributed by atoms with Crippen molar-refractivity contribution in [3.05, 3.63) is 83.8 Å². The Balaban J connectivity index is 1.50. The van der Waals surface area contributed by atoms with Crippen LogP contribution in [0.4, 0.5) is 0 Å². The van der Waals surface area contributed by atoms with Gasteiger partial charge in [0.25, 0.3) is 0 Å². The Bertz CT molecular complexity index is 877. The molecule has 24 heavy (non-hydrogen) atoms. The Morgan fingerprint density at radius 3 is 2.79 bits per heavy atom. The molecule has 4 rings (SSSR count). The molecule has 0 N–H and O–H groups in total. The minimum Gasteiger partial charge on any atom is -0.373 e. The summed E-state index contributed by atoms with van der Waals surface area (Å²) < 4.78 is 0. The Morgan fingerprint density at radius 1 is 1.00 bits per heavy atom. The molecule has 2 heterocycles. The van der Waals surface area contributed by atoms with Gasteiger partial charge in [-0.3, -0.25) is 4.98 Å². The van der Waals surface area contributed by atoms with E-state index in [1.165, 1.54) is 27.6 Å². The van der Waals surface area contributed by atoms with Crippen LogP contribution < -0.4 is 0 Å². The third kappa shape index (κ3) is 2.80. The lowest BCUT2D eigenvalue weighted by Gasteiger charge is -2.32. The maximum atomic E-state index is 4.63. The molecule has 1 aliphatic rings. The van der Waals surface area contributed by atoms with E-state index < -0.39 is 0 Å². The molecule has 0 radical (unpaired) electrons. The molecule has 1 aliphatic heterocycles. The highest BCUT2D eigenvalue weighted by atomic mass is 15.1. The highest BCUT2D eigenvalue weighted by Crippen LogP contribution is 2.32. The highest BCUT2D eigenvalue weighted by Gasteiger charge is 2.20. The zero-order valence-corrected chi connectivity index (χ0v) is 14.0. The van der Waals surface area contributed by atoms with Gasteiger partial charge < -0.3 is 4.90 Å². The molecule has 0 fully saturated rings. The Kier molecular flexibility index (Phi) is 4.04. The van der Waals surface area contributed by atoms with Crippen LogP contribution in [-0.2, 0) is 6.42 Å². The highest BCUT2D eigenvalue weighted by molar-refractivity contribution is 5.84. The van der Waals surface area contributed by atoms with Crippen LogP contribution in [0.25, 0.3) is 16.8 Å². The van der Waals surface area contributed by atoms with Crippen LogP contribution in [0.5, 0.6) is 0 Å². The smallest absolute Gasteiger partial charge is 0.0539 e. The van der Waals surface area contributed by atoms with Gasteiger partial charge in [0, 0.05) is 24.3 Å². The van der Waals surface area contributed by atoms with Crippen LogP contribution in [0.3, 0.4) is 0 Å². The fourth-order valence-corrected chi connectivity index (χ4v) is 3.69. The van der Waals surface area contributed by atoms with Gasteiger partial charge in [-0.05, 0) is 54.1 Å². The molecule has 1 unspecified atom stereocenters. The van der Waals surface area contributed by atoms with Gasteiger partial charge in [0.2, 0.25) is 0 Å². The summed E-state index contributed by atoms with van der Waals surface area (Å²) in [6.07, 6.45) is 9.64. The van der Waals surface area contributed by atoms with Gasteiger partial charge in [-0.1, -0.05) is 48.5 Å². The van der Waals surface area contributed by atoms with Crippen LogP contribution in [0.1, 0.15) is 35.7 Å². The molecule has 0 saturated carbocycles. The molecule has 0 aliphatic carbocycles. The maximum absolute atomic E-state index is 4.63. The summed E-state index contributed by atoms with van der Waals surface area (Å²) in [7, 11) is 2.17. The minimum absolute atomic E-state index is 0.459. The van der Waals surface area contributed by atoms with E-state index in [0.717, 1.165) is 19.3 Å². The quantitative estimate of drug-likeness (QED) is 0.657. The summed E-state index contributed by atoms with van der Waals surface area (Å²) in [4.78, 5) is 6.96. The summed E-state index contributed by atoms with van der Waals surface area (Å²) in [5.41, 5.74) is 4.01. The van der Waals surface area contributed by atoms with E-state index in [0.29, 0.717) is 6.04 Å². The predicted octanol–water partition coefficient (Wildman–Crippen LogP) is 5.21. The van der Waals surface area contributed by atoms with E-state index >= 15 is 0 Å². The lowest BCUT2D eigenvalue weighted by molar-refractivity contribution is 0.310. The van der Waals surface area contributed by atoms with E-state index in [4.69, 9.17) is 0 Å². The average molecular weight is 314 g/mol. The van der Waals surface area contributed by atoms with Crippen molar-refractivity contribution < 1.29 is 0 Å². The monoisotopic (exact) mass is 314 g/mol. The van der Waals surface area contributed by atoms with Crippen molar-refractivity contribution in [3.63, 3.8) is 0 Å². The van der Waals surface area contributed by atoms with Crippen molar-refractivity contribution in [3.8, 4) is 0 Å². The number of aryl methyl sites for hydroxylation is 1. The molecule has 1 aromatic heterocycles. The molecule has 1 atom stereocenters. The molecule has 120 valence electrons. The number of rotatable bonds is 4. The van der Waals surface area contributed by atoms with Gasteiger partial charge in [-0.2, -0.15) is 0 Å². The second-order valence-electron chi connectivity index (χ2n) is 6.50. The number of fused-ring (bicyclic) bond motifs is 2. The summed E-state index contributed by atoms with van der Waals surface area (Å²) in [5.74, 6) is 0. The summed E-state index contributed by atoms with van der Waals surface area (Å²) in [6.45, 7) is 0. The molecule has 0 spiro atoms. The van der Waals surface area contributed by atoms with Gasteiger partial charge in [0.15, 0.2) is 0 Å². The lowest BCUT2D eigenvalue weighted by atomic mass is 9.92. The molecular weight excluding hydrogens is 292 g/mol. The number of nitrogens with zero attached hydrogens (tertiary/aromatic N) is 2. The summed E-state index contributed by atoms with van der Waals surface area (Å²) in [5, 5.41) is 2.57. The molecule has 2 aromatic carbocycles. The van der Waals surface area contributed by atoms with Crippen LogP contribution >= 0.6 is 0 Å². The first-order valence-corrected chi connectivity index (χ1v) is 8.64. The number of pyridine rings is 1. The molecule has 2 heteroatoms. The third-order valence-corrected chi connectivity index (χ3v) is 4.98. The zero-order valence-electron chi connectivity index (χ0n) is 14.0. The predicted molar refractivity (Wildman–Crippen MR) is 101 cm³/mol. The van der Waals surface area contributed by atoms with E-state index in [-0.39, 0.29) is 0 Å². The molecule has 3 aromatic rings. The average Bonchev–Trinajstić information content (AvgIpc) is 2.64. The van der Waals surface area contributed by atoms with E-state index in [9.17, 15) is 0 Å². The van der Waals surface area contributed by atoms with Crippen molar-refractivity contribution in [2.24, 2.45) is 0 Å². The van der Waals surface area contributed by atoms with Crippen molar-refractivity contribution >= 4 is 16.8 Å².